The molecule has 2 aromatic rings. The molecular weight excluding hydrogens is 327 g/mol. The molecule has 4 nitrogen and oxygen atoms in total. The highest BCUT2D eigenvalue weighted by Gasteiger charge is 2.08. The summed E-state index contributed by atoms with van der Waals surface area (Å²) < 4.78 is 19.6. The van der Waals surface area contributed by atoms with Gasteiger partial charge in [-0.05, 0) is 36.4 Å². The van der Waals surface area contributed by atoms with Crippen molar-refractivity contribution in [3.8, 4) is 5.75 Å². The molecule has 104 valence electrons. The maximum absolute atomic E-state index is 13.4. The molecule has 0 spiro atoms. The monoisotopic (exact) mass is 338 g/mol. The minimum Gasteiger partial charge on any atom is -0.484 e. The van der Waals surface area contributed by atoms with Crippen LogP contribution >= 0.6 is 15.9 Å². The quantitative estimate of drug-likeness (QED) is 0.841. The minimum absolute atomic E-state index is 0.0350. The van der Waals surface area contributed by atoms with Crippen molar-refractivity contribution in [2.45, 2.75) is 0 Å². The number of anilines is 2. The lowest BCUT2D eigenvalue weighted by Crippen LogP contribution is -2.20. The number of halogens is 2. The van der Waals surface area contributed by atoms with Crippen LogP contribution in [0.4, 0.5) is 15.8 Å². The first kappa shape index (κ1) is 14.3. The van der Waals surface area contributed by atoms with Crippen LogP contribution in [0.15, 0.2) is 46.9 Å². The lowest BCUT2D eigenvalue weighted by molar-refractivity contribution is -0.118. The Morgan fingerprint density at radius 2 is 2.10 bits per heavy atom. The summed E-state index contributed by atoms with van der Waals surface area (Å²) in [5.41, 5.74) is 5.94. The number of hydrogen-bond acceptors (Lipinski definition) is 3. The molecule has 6 heteroatoms. The molecule has 0 heterocycles. The topological polar surface area (TPSA) is 64.3 Å². The van der Waals surface area contributed by atoms with Crippen LogP contribution in [-0.4, -0.2) is 12.5 Å². The number of nitrogens with two attached hydrogens (primary N) is 1. The molecule has 0 bridgehead atoms. The number of nitrogen functional groups attached to an aromatic ring is 1. The van der Waals surface area contributed by atoms with Crippen molar-refractivity contribution < 1.29 is 13.9 Å². The molecule has 0 fully saturated rings. The van der Waals surface area contributed by atoms with Gasteiger partial charge in [0.05, 0.1) is 5.69 Å². The Balaban J connectivity index is 1.94. The van der Waals surface area contributed by atoms with Crippen molar-refractivity contribution in [2.75, 3.05) is 17.7 Å². The minimum atomic E-state index is -0.546. The Kier molecular flexibility index (Phi) is 4.57. The molecule has 0 saturated carbocycles. The number of benzene rings is 2. The van der Waals surface area contributed by atoms with E-state index in [0.717, 1.165) is 4.47 Å². The van der Waals surface area contributed by atoms with Gasteiger partial charge in [-0.1, -0.05) is 22.0 Å². The van der Waals surface area contributed by atoms with Crippen LogP contribution in [0, 0.1) is 5.82 Å². The average Bonchev–Trinajstić information content (AvgIpc) is 2.41. The molecule has 0 saturated heterocycles. The number of amides is 1. The van der Waals surface area contributed by atoms with Crippen LogP contribution in [-0.2, 0) is 4.79 Å². The van der Waals surface area contributed by atoms with Crippen molar-refractivity contribution in [1.29, 1.82) is 0 Å². The highest BCUT2D eigenvalue weighted by Crippen LogP contribution is 2.19. The first-order valence-electron chi connectivity index (χ1n) is 5.78. The van der Waals surface area contributed by atoms with E-state index in [4.69, 9.17) is 10.5 Å². The summed E-state index contributed by atoms with van der Waals surface area (Å²) in [6.45, 7) is -0.218. The van der Waals surface area contributed by atoms with Crippen molar-refractivity contribution >= 4 is 33.2 Å². The SMILES string of the molecule is Nc1ccc(F)c(NC(=O)COc2cccc(Br)c2)c1. The van der Waals surface area contributed by atoms with E-state index in [1.54, 1.807) is 18.2 Å². The number of ether oxygens (including phenoxy) is 1. The molecule has 0 radical (unpaired) electrons. The zero-order chi connectivity index (χ0) is 14.5. The average molecular weight is 339 g/mol. The summed E-state index contributed by atoms with van der Waals surface area (Å²) in [7, 11) is 0. The fourth-order valence-corrected chi connectivity index (χ4v) is 1.91. The van der Waals surface area contributed by atoms with Gasteiger partial charge in [0.1, 0.15) is 11.6 Å². The molecular formula is C14H12BrFN2O2. The maximum atomic E-state index is 13.4. The Labute approximate surface area is 123 Å². The van der Waals surface area contributed by atoms with Gasteiger partial charge in [0, 0.05) is 10.2 Å². The van der Waals surface area contributed by atoms with Crippen molar-refractivity contribution in [1.82, 2.24) is 0 Å². The van der Waals surface area contributed by atoms with Gasteiger partial charge in [0.2, 0.25) is 0 Å². The van der Waals surface area contributed by atoms with E-state index in [1.165, 1.54) is 18.2 Å². The second kappa shape index (κ2) is 6.38. The first-order chi connectivity index (χ1) is 9.54. The van der Waals surface area contributed by atoms with Crippen LogP contribution in [0.2, 0.25) is 0 Å². The maximum Gasteiger partial charge on any atom is 0.262 e. The number of hydrogen-bond donors (Lipinski definition) is 2. The third-order valence-corrected chi connectivity index (χ3v) is 2.92. The summed E-state index contributed by atoms with van der Waals surface area (Å²) >= 11 is 3.30. The fourth-order valence-electron chi connectivity index (χ4n) is 1.53. The summed E-state index contributed by atoms with van der Waals surface area (Å²) in [4.78, 5) is 11.7. The molecule has 0 aliphatic rings. The van der Waals surface area contributed by atoms with E-state index >= 15 is 0 Å². The van der Waals surface area contributed by atoms with Crippen molar-refractivity contribution in [2.24, 2.45) is 0 Å². The Morgan fingerprint density at radius 3 is 2.85 bits per heavy atom. The lowest BCUT2D eigenvalue weighted by Gasteiger charge is -2.09. The van der Waals surface area contributed by atoms with E-state index in [9.17, 15) is 9.18 Å². The summed E-state index contributed by atoms with van der Waals surface area (Å²) in [6, 6.07) is 11.0. The zero-order valence-corrected chi connectivity index (χ0v) is 12.0. The molecule has 3 N–H and O–H groups in total. The molecule has 20 heavy (non-hydrogen) atoms. The highest BCUT2D eigenvalue weighted by molar-refractivity contribution is 9.10. The van der Waals surface area contributed by atoms with Crippen molar-refractivity contribution in [3.63, 3.8) is 0 Å². The van der Waals surface area contributed by atoms with Crippen LogP contribution in [0.5, 0.6) is 5.75 Å². The van der Waals surface area contributed by atoms with Gasteiger partial charge in [-0.15, -0.1) is 0 Å². The Hall–Kier alpha value is -2.08. The normalized spacial score (nSPS) is 10.1. The van der Waals surface area contributed by atoms with Gasteiger partial charge in [0.25, 0.3) is 5.91 Å². The van der Waals surface area contributed by atoms with Gasteiger partial charge >= 0.3 is 0 Å². The fraction of sp³-hybridized carbons (Fsp3) is 0.0714. The third kappa shape index (κ3) is 3.96. The molecule has 0 aliphatic heterocycles. The molecule has 0 aliphatic carbocycles. The third-order valence-electron chi connectivity index (χ3n) is 2.43. The van der Waals surface area contributed by atoms with Gasteiger partial charge in [0.15, 0.2) is 6.61 Å². The second-order valence-corrected chi connectivity index (χ2v) is 4.95. The van der Waals surface area contributed by atoms with Gasteiger partial charge < -0.3 is 15.8 Å². The predicted molar refractivity (Wildman–Crippen MR) is 79.1 cm³/mol. The first-order valence-corrected chi connectivity index (χ1v) is 6.57. The molecule has 2 rings (SSSR count). The lowest BCUT2D eigenvalue weighted by atomic mass is 10.2. The van der Waals surface area contributed by atoms with E-state index < -0.39 is 11.7 Å². The van der Waals surface area contributed by atoms with Crippen LogP contribution in [0.25, 0.3) is 0 Å². The largest absolute Gasteiger partial charge is 0.484 e. The van der Waals surface area contributed by atoms with Gasteiger partial charge in [-0.2, -0.15) is 0 Å². The predicted octanol–water partition coefficient (Wildman–Crippen LogP) is 3.19. The number of nitrogens with one attached hydrogen (secondary N) is 1. The number of rotatable bonds is 4. The molecule has 0 unspecified atom stereocenters. The number of carbonyl (C=O) groups is 1. The van der Waals surface area contributed by atoms with E-state index in [-0.39, 0.29) is 12.3 Å². The van der Waals surface area contributed by atoms with E-state index in [1.807, 2.05) is 6.07 Å². The van der Waals surface area contributed by atoms with Crippen LogP contribution in [0.1, 0.15) is 0 Å². The van der Waals surface area contributed by atoms with E-state index in [0.29, 0.717) is 11.4 Å². The zero-order valence-electron chi connectivity index (χ0n) is 10.4. The Morgan fingerprint density at radius 1 is 1.30 bits per heavy atom. The van der Waals surface area contributed by atoms with Crippen LogP contribution in [0.3, 0.4) is 0 Å². The standard InChI is InChI=1S/C14H12BrFN2O2/c15-9-2-1-3-11(6-9)20-8-14(19)18-13-7-10(17)4-5-12(13)16/h1-7H,8,17H2,(H,18,19). The summed E-state index contributed by atoms with van der Waals surface area (Å²) in [6.07, 6.45) is 0. The summed E-state index contributed by atoms with van der Waals surface area (Å²) in [5.74, 6) is -0.466. The molecule has 0 aromatic heterocycles. The molecule has 1 amide bonds. The molecule has 0 atom stereocenters. The molecule has 2 aromatic carbocycles. The Bertz CT molecular complexity index is 634. The van der Waals surface area contributed by atoms with Crippen molar-refractivity contribution in [3.05, 3.63) is 52.8 Å². The van der Waals surface area contributed by atoms with Gasteiger partial charge in [-0.3, -0.25) is 4.79 Å². The van der Waals surface area contributed by atoms with E-state index in [2.05, 4.69) is 21.2 Å². The second-order valence-electron chi connectivity index (χ2n) is 4.03. The highest BCUT2D eigenvalue weighted by atomic mass is 79.9. The van der Waals surface area contributed by atoms with Crippen LogP contribution < -0.4 is 15.8 Å². The smallest absolute Gasteiger partial charge is 0.262 e. The van der Waals surface area contributed by atoms with Gasteiger partial charge in [-0.25, -0.2) is 4.39 Å². The summed E-state index contributed by atoms with van der Waals surface area (Å²) in [5, 5.41) is 2.41. The number of carbonyl (C=O) groups excluding carboxylic acids is 1.